The molecule has 1 saturated heterocycles. The lowest BCUT2D eigenvalue weighted by atomic mass is 10.2. The minimum absolute atomic E-state index is 0.0114. The molecule has 0 saturated carbocycles. The van der Waals surface area contributed by atoms with E-state index < -0.39 is 15.1 Å². The SMILES string of the molecule is O=C(CSc1ccc(F)cc1)N1CC[C@H](c2cccs2)S(=O)(=O)CC1. The average Bonchev–Trinajstić information content (AvgIpc) is 3.05. The van der Waals surface area contributed by atoms with Crippen LogP contribution in [-0.2, 0) is 14.6 Å². The summed E-state index contributed by atoms with van der Waals surface area (Å²) in [6, 6.07) is 9.67. The van der Waals surface area contributed by atoms with Gasteiger partial charge in [0.2, 0.25) is 5.91 Å². The highest BCUT2D eigenvalue weighted by atomic mass is 32.2. The summed E-state index contributed by atoms with van der Waals surface area (Å²) in [6.45, 7) is 0.664. The minimum Gasteiger partial charge on any atom is -0.341 e. The van der Waals surface area contributed by atoms with Crippen molar-refractivity contribution < 1.29 is 17.6 Å². The lowest BCUT2D eigenvalue weighted by molar-refractivity contribution is -0.128. The molecule has 2 heterocycles. The second-order valence-corrected chi connectivity index (χ2v) is 10.1. The van der Waals surface area contributed by atoms with Crippen LogP contribution in [0.15, 0.2) is 46.7 Å². The zero-order valence-corrected chi connectivity index (χ0v) is 15.9. The number of halogens is 1. The van der Waals surface area contributed by atoms with Gasteiger partial charge in [-0.1, -0.05) is 6.07 Å². The molecule has 1 aliphatic rings. The van der Waals surface area contributed by atoms with Crippen LogP contribution in [0.5, 0.6) is 0 Å². The minimum atomic E-state index is -3.25. The van der Waals surface area contributed by atoms with E-state index >= 15 is 0 Å². The second-order valence-electron chi connectivity index (χ2n) is 5.78. The van der Waals surface area contributed by atoms with E-state index in [9.17, 15) is 17.6 Å². The number of nitrogens with zero attached hydrogens (tertiary/aromatic N) is 1. The van der Waals surface area contributed by atoms with Crippen molar-refractivity contribution in [1.82, 2.24) is 4.90 Å². The number of hydrogen-bond donors (Lipinski definition) is 0. The second kappa shape index (κ2) is 7.88. The number of benzene rings is 1. The fourth-order valence-corrected chi connectivity index (χ4v) is 6.56. The maximum atomic E-state index is 12.9. The monoisotopic (exact) mass is 399 g/mol. The van der Waals surface area contributed by atoms with E-state index in [1.54, 1.807) is 17.0 Å². The maximum absolute atomic E-state index is 12.9. The first-order valence-corrected chi connectivity index (χ1v) is 11.4. The zero-order valence-electron chi connectivity index (χ0n) is 13.4. The lowest BCUT2D eigenvalue weighted by Gasteiger charge is -2.19. The smallest absolute Gasteiger partial charge is 0.232 e. The molecule has 2 aromatic rings. The van der Waals surface area contributed by atoms with Crippen LogP contribution in [0, 0.1) is 5.82 Å². The number of sulfone groups is 1. The molecule has 1 amide bonds. The molecular formula is C17H18FNO3S3. The van der Waals surface area contributed by atoms with Crippen molar-refractivity contribution in [2.24, 2.45) is 0 Å². The topological polar surface area (TPSA) is 54.5 Å². The molecule has 0 bridgehead atoms. The first-order valence-electron chi connectivity index (χ1n) is 7.87. The molecule has 1 aromatic carbocycles. The molecule has 0 spiro atoms. The highest BCUT2D eigenvalue weighted by Gasteiger charge is 2.33. The number of hydrogen-bond acceptors (Lipinski definition) is 5. The molecule has 3 rings (SSSR count). The first kappa shape index (κ1) is 18.4. The molecule has 0 aliphatic carbocycles. The van der Waals surface area contributed by atoms with Gasteiger partial charge in [-0.3, -0.25) is 4.79 Å². The average molecular weight is 400 g/mol. The van der Waals surface area contributed by atoms with Gasteiger partial charge in [0, 0.05) is 22.9 Å². The standard InChI is InChI=1S/C17H18FNO3S3/c18-13-3-5-14(6-4-13)24-12-17(20)19-8-7-16(15-2-1-10-23-15)25(21,22)11-9-19/h1-6,10,16H,7-9,11-12H2/t16-/m1/s1. The van der Waals surface area contributed by atoms with E-state index in [1.165, 1.54) is 35.2 Å². The number of amides is 1. The third-order valence-electron chi connectivity index (χ3n) is 4.13. The molecule has 1 aromatic heterocycles. The summed E-state index contributed by atoms with van der Waals surface area (Å²) in [7, 11) is -3.25. The third kappa shape index (κ3) is 4.62. The van der Waals surface area contributed by atoms with Gasteiger partial charge < -0.3 is 4.90 Å². The summed E-state index contributed by atoms with van der Waals surface area (Å²) < 4.78 is 37.9. The van der Waals surface area contributed by atoms with Crippen LogP contribution >= 0.6 is 23.1 Å². The molecule has 4 nitrogen and oxygen atoms in total. The Labute approximate surface area is 155 Å². The van der Waals surface area contributed by atoms with Crippen molar-refractivity contribution >= 4 is 38.8 Å². The van der Waals surface area contributed by atoms with Crippen molar-refractivity contribution in [3.63, 3.8) is 0 Å². The summed E-state index contributed by atoms with van der Waals surface area (Å²) in [5.41, 5.74) is 0. The third-order valence-corrected chi connectivity index (χ3v) is 8.37. The van der Waals surface area contributed by atoms with Gasteiger partial charge in [-0.25, -0.2) is 12.8 Å². The Morgan fingerprint density at radius 2 is 2.00 bits per heavy atom. The molecule has 1 aliphatic heterocycles. The zero-order chi connectivity index (χ0) is 17.9. The van der Waals surface area contributed by atoms with E-state index in [4.69, 9.17) is 0 Å². The fraction of sp³-hybridized carbons (Fsp3) is 0.353. The number of thioether (sulfide) groups is 1. The Hall–Kier alpha value is -1.38. The molecule has 0 unspecified atom stereocenters. The highest BCUT2D eigenvalue weighted by molar-refractivity contribution is 8.00. The van der Waals surface area contributed by atoms with Crippen molar-refractivity contribution in [3.05, 3.63) is 52.5 Å². The van der Waals surface area contributed by atoms with Gasteiger partial charge in [-0.2, -0.15) is 0 Å². The normalized spacial score (nSPS) is 20.2. The van der Waals surface area contributed by atoms with Crippen LogP contribution < -0.4 is 0 Å². The van der Waals surface area contributed by atoms with Gasteiger partial charge in [0.1, 0.15) is 5.82 Å². The van der Waals surface area contributed by atoms with Crippen molar-refractivity contribution in [1.29, 1.82) is 0 Å². The van der Waals surface area contributed by atoms with Crippen LogP contribution in [-0.4, -0.2) is 43.8 Å². The number of rotatable bonds is 4. The van der Waals surface area contributed by atoms with Gasteiger partial charge in [-0.05, 0) is 42.1 Å². The summed E-state index contributed by atoms with van der Waals surface area (Å²) in [6.07, 6.45) is 0.426. The predicted octanol–water partition coefficient (Wildman–Crippen LogP) is 3.37. The molecule has 8 heteroatoms. The molecule has 134 valence electrons. The Morgan fingerprint density at radius 3 is 2.68 bits per heavy atom. The van der Waals surface area contributed by atoms with Gasteiger partial charge >= 0.3 is 0 Å². The number of carbonyl (C=O) groups is 1. The first-order chi connectivity index (χ1) is 12.0. The predicted molar refractivity (Wildman–Crippen MR) is 99.2 cm³/mol. The largest absolute Gasteiger partial charge is 0.341 e. The summed E-state index contributed by atoms with van der Waals surface area (Å²) >= 11 is 2.77. The van der Waals surface area contributed by atoms with Crippen LogP contribution in [0.1, 0.15) is 16.5 Å². The lowest BCUT2D eigenvalue weighted by Crippen LogP contribution is -2.34. The van der Waals surface area contributed by atoms with E-state index in [0.29, 0.717) is 13.0 Å². The van der Waals surface area contributed by atoms with Crippen molar-refractivity contribution in [2.45, 2.75) is 16.6 Å². The molecule has 25 heavy (non-hydrogen) atoms. The van der Waals surface area contributed by atoms with Gasteiger partial charge in [0.05, 0.1) is 16.8 Å². The van der Waals surface area contributed by atoms with E-state index in [1.807, 2.05) is 17.5 Å². The molecule has 0 N–H and O–H groups in total. The Morgan fingerprint density at radius 1 is 1.24 bits per heavy atom. The van der Waals surface area contributed by atoms with Crippen LogP contribution in [0.25, 0.3) is 0 Å². The summed E-state index contributed by atoms with van der Waals surface area (Å²) in [5, 5.41) is 1.35. The fourth-order valence-electron chi connectivity index (χ4n) is 2.75. The molecular weight excluding hydrogens is 381 g/mol. The van der Waals surface area contributed by atoms with E-state index in [0.717, 1.165) is 9.77 Å². The quantitative estimate of drug-likeness (QED) is 0.740. The summed E-state index contributed by atoms with van der Waals surface area (Å²) in [4.78, 5) is 15.7. The molecule has 0 radical (unpaired) electrons. The van der Waals surface area contributed by atoms with E-state index in [2.05, 4.69) is 0 Å². The highest BCUT2D eigenvalue weighted by Crippen LogP contribution is 2.32. The summed E-state index contributed by atoms with van der Waals surface area (Å²) in [5.74, 6) is -0.193. The Kier molecular flexibility index (Phi) is 5.81. The van der Waals surface area contributed by atoms with Crippen LogP contribution in [0.4, 0.5) is 4.39 Å². The molecule has 1 atom stereocenters. The Balaban J connectivity index is 1.62. The van der Waals surface area contributed by atoms with Crippen LogP contribution in [0.2, 0.25) is 0 Å². The number of carbonyl (C=O) groups excluding carboxylic acids is 1. The maximum Gasteiger partial charge on any atom is 0.232 e. The molecule has 1 fully saturated rings. The van der Waals surface area contributed by atoms with Crippen LogP contribution in [0.3, 0.4) is 0 Å². The van der Waals surface area contributed by atoms with Crippen molar-refractivity contribution in [2.75, 3.05) is 24.6 Å². The Bertz CT molecular complexity index is 819. The number of thiophene rings is 1. The van der Waals surface area contributed by atoms with Crippen molar-refractivity contribution in [3.8, 4) is 0 Å². The van der Waals surface area contributed by atoms with Gasteiger partial charge in [0.15, 0.2) is 9.84 Å². The van der Waals surface area contributed by atoms with Gasteiger partial charge in [0.25, 0.3) is 0 Å². The van der Waals surface area contributed by atoms with Gasteiger partial charge in [-0.15, -0.1) is 23.1 Å². The van der Waals surface area contributed by atoms with E-state index in [-0.39, 0.29) is 29.8 Å².